The van der Waals surface area contributed by atoms with Crippen molar-refractivity contribution in [3.8, 4) is 0 Å². The molecule has 1 amide bonds. The number of carbonyl (C=O) groups is 1. The van der Waals surface area contributed by atoms with Crippen LogP contribution in [-0.4, -0.2) is 47.5 Å². The molecule has 1 rings (SSSR count). The molecule has 0 radical (unpaired) electrons. The van der Waals surface area contributed by atoms with E-state index in [2.05, 4.69) is 20.6 Å². The van der Waals surface area contributed by atoms with Crippen LogP contribution in [0.1, 0.15) is 13.8 Å². The molecular weight excluding hydrogens is 254 g/mol. The van der Waals surface area contributed by atoms with Crippen LogP contribution in [0.25, 0.3) is 0 Å². The van der Waals surface area contributed by atoms with Crippen LogP contribution in [-0.2, 0) is 4.79 Å². The van der Waals surface area contributed by atoms with Gasteiger partial charge in [0.1, 0.15) is 5.02 Å². The van der Waals surface area contributed by atoms with Gasteiger partial charge in [-0.3, -0.25) is 4.79 Å². The summed E-state index contributed by atoms with van der Waals surface area (Å²) in [6.07, 6.45) is 1.50. The molecule has 0 spiro atoms. The smallest absolute Gasteiger partial charge is 0.241 e. The second-order valence-corrected chi connectivity index (χ2v) is 4.09. The first kappa shape index (κ1) is 14.5. The number of hydrogen-bond acceptors (Lipinski definition) is 5. The minimum absolute atomic E-state index is 0.0165. The Labute approximate surface area is 112 Å². The van der Waals surface area contributed by atoms with Crippen LogP contribution in [0, 0.1) is 0 Å². The van der Waals surface area contributed by atoms with Crippen molar-refractivity contribution in [1.29, 1.82) is 0 Å². The van der Waals surface area contributed by atoms with Crippen LogP contribution in [0.5, 0.6) is 0 Å². The first-order valence-electron chi connectivity index (χ1n) is 5.82. The Morgan fingerprint density at radius 3 is 2.78 bits per heavy atom. The predicted molar refractivity (Wildman–Crippen MR) is 73.0 cm³/mol. The fourth-order valence-electron chi connectivity index (χ4n) is 1.21. The number of likely N-dealkylation sites (N-methyl/N-ethyl adjacent to an activating group) is 1. The highest BCUT2D eigenvalue weighted by Crippen LogP contribution is 2.18. The molecule has 0 aliphatic carbocycles. The molecule has 100 valence electrons. The lowest BCUT2D eigenvalue weighted by atomic mass is 10.4. The quantitative estimate of drug-likeness (QED) is 0.820. The van der Waals surface area contributed by atoms with Crippen LogP contribution < -0.4 is 10.6 Å². The number of anilines is 2. The van der Waals surface area contributed by atoms with E-state index in [9.17, 15) is 4.79 Å². The van der Waals surface area contributed by atoms with Crippen LogP contribution in [0.3, 0.4) is 0 Å². The molecule has 0 aliphatic heterocycles. The molecule has 0 aliphatic rings. The van der Waals surface area contributed by atoms with E-state index in [1.54, 1.807) is 11.9 Å². The first-order valence-corrected chi connectivity index (χ1v) is 6.20. The molecule has 6 nitrogen and oxygen atoms in total. The lowest BCUT2D eigenvalue weighted by molar-refractivity contribution is -0.127. The minimum atomic E-state index is -0.0165. The molecule has 1 aromatic rings. The first-order chi connectivity index (χ1) is 8.58. The fraction of sp³-hybridized carbons (Fsp3) is 0.545. The Morgan fingerprint density at radius 2 is 2.17 bits per heavy atom. The van der Waals surface area contributed by atoms with E-state index in [-0.39, 0.29) is 12.5 Å². The van der Waals surface area contributed by atoms with E-state index >= 15 is 0 Å². The van der Waals surface area contributed by atoms with Crippen LogP contribution in [0.2, 0.25) is 5.02 Å². The summed E-state index contributed by atoms with van der Waals surface area (Å²) in [5.74, 6) is 0.929. The summed E-state index contributed by atoms with van der Waals surface area (Å²) in [6.45, 7) is 5.41. The summed E-state index contributed by atoms with van der Waals surface area (Å²) in [5.41, 5.74) is 0. The highest BCUT2D eigenvalue weighted by atomic mass is 35.5. The Bertz CT molecular complexity index is 412. The number of halogens is 1. The van der Waals surface area contributed by atoms with Gasteiger partial charge in [-0.1, -0.05) is 11.6 Å². The van der Waals surface area contributed by atoms with Crippen molar-refractivity contribution < 1.29 is 4.79 Å². The van der Waals surface area contributed by atoms with Crippen LogP contribution >= 0.6 is 11.6 Å². The van der Waals surface area contributed by atoms with E-state index in [1.165, 1.54) is 6.20 Å². The summed E-state index contributed by atoms with van der Waals surface area (Å²) in [5, 5.41) is 6.29. The molecule has 0 unspecified atom stereocenters. The van der Waals surface area contributed by atoms with Crippen molar-refractivity contribution in [3.63, 3.8) is 0 Å². The van der Waals surface area contributed by atoms with Gasteiger partial charge in [-0.25, -0.2) is 4.98 Å². The molecule has 1 aromatic heterocycles. The SMILES string of the molecule is CCNc1ncc(Cl)c(NCC(=O)N(C)CC)n1. The average Bonchev–Trinajstić information content (AvgIpc) is 2.38. The summed E-state index contributed by atoms with van der Waals surface area (Å²) in [4.78, 5) is 21.4. The Hall–Kier alpha value is -1.56. The zero-order valence-corrected chi connectivity index (χ0v) is 11.6. The Morgan fingerprint density at radius 1 is 1.44 bits per heavy atom. The van der Waals surface area contributed by atoms with Gasteiger partial charge in [0.15, 0.2) is 5.82 Å². The van der Waals surface area contributed by atoms with Crippen molar-refractivity contribution in [1.82, 2.24) is 14.9 Å². The zero-order chi connectivity index (χ0) is 13.5. The van der Waals surface area contributed by atoms with Gasteiger partial charge in [-0.15, -0.1) is 0 Å². The van der Waals surface area contributed by atoms with Crippen molar-refractivity contribution in [3.05, 3.63) is 11.2 Å². The molecule has 2 N–H and O–H groups in total. The zero-order valence-electron chi connectivity index (χ0n) is 10.8. The molecule has 18 heavy (non-hydrogen) atoms. The minimum Gasteiger partial charge on any atom is -0.360 e. The third-order valence-corrected chi connectivity index (χ3v) is 2.66. The largest absolute Gasteiger partial charge is 0.360 e. The highest BCUT2D eigenvalue weighted by molar-refractivity contribution is 6.32. The van der Waals surface area contributed by atoms with Crippen molar-refractivity contribution in [2.75, 3.05) is 37.3 Å². The maximum absolute atomic E-state index is 11.6. The summed E-state index contributed by atoms with van der Waals surface area (Å²) in [7, 11) is 1.75. The van der Waals surface area contributed by atoms with E-state index in [1.807, 2.05) is 13.8 Å². The summed E-state index contributed by atoms with van der Waals surface area (Å²) in [6, 6.07) is 0. The lowest BCUT2D eigenvalue weighted by Gasteiger charge is -2.15. The number of carbonyl (C=O) groups excluding carboxylic acids is 1. The van der Waals surface area contributed by atoms with E-state index in [0.717, 1.165) is 6.54 Å². The topological polar surface area (TPSA) is 70.2 Å². The van der Waals surface area contributed by atoms with Gasteiger partial charge in [0.05, 0.1) is 12.7 Å². The lowest BCUT2D eigenvalue weighted by Crippen LogP contribution is -2.32. The van der Waals surface area contributed by atoms with Gasteiger partial charge in [-0.2, -0.15) is 4.98 Å². The second-order valence-electron chi connectivity index (χ2n) is 3.68. The van der Waals surface area contributed by atoms with E-state index < -0.39 is 0 Å². The number of amides is 1. The second kappa shape index (κ2) is 7.00. The van der Waals surface area contributed by atoms with Crippen molar-refractivity contribution >= 4 is 29.3 Å². The maximum atomic E-state index is 11.6. The van der Waals surface area contributed by atoms with Crippen LogP contribution in [0.15, 0.2) is 6.20 Å². The normalized spacial score (nSPS) is 10.0. The third kappa shape index (κ3) is 4.03. The molecule has 0 bridgehead atoms. The summed E-state index contributed by atoms with van der Waals surface area (Å²) >= 11 is 5.95. The predicted octanol–water partition coefficient (Wildman–Crippen LogP) is 1.45. The molecular formula is C11H18ClN5O. The van der Waals surface area contributed by atoms with Crippen molar-refractivity contribution in [2.24, 2.45) is 0 Å². The third-order valence-electron chi connectivity index (χ3n) is 2.39. The maximum Gasteiger partial charge on any atom is 0.241 e. The van der Waals surface area contributed by atoms with Gasteiger partial charge in [-0.05, 0) is 13.8 Å². The highest BCUT2D eigenvalue weighted by Gasteiger charge is 2.09. The average molecular weight is 272 g/mol. The van der Waals surface area contributed by atoms with E-state index in [4.69, 9.17) is 11.6 Å². The molecule has 0 fully saturated rings. The Kier molecular flexibility index (Phi) is 5.64. The molecule has 7 heteroatoms. The number of nitrogens with zero attached hydrogens (tertiary/aromatic N) is 3. The Balaban J connectivity index is 2.66. The number of rotatable bonds is 6. The van der Waals surface area contributed by atoms with Gasteiger partial charge < -0.3 is 15.5 Å². The summed E-state index contributed by atoms with van der Waals surface area (Å²) < 4.78 is 0. The molecule has 1 heterocycles. The monoisotopic (exact) mass is 271 g/mol. The molecule has 0 aromatic carbocycles. The van der Waals surface area contributed by atoms with Gasteiger partial charge >= 0.3 is 0 Å². The molecule has 0 saturated carbocycles. The standard InChI is InChI=1S/C11H18ClN5O/c1-4-13-11-15-6-8(12)10(16-11)14-7-9(18)17(3)5-2/h6H,4-5,7H2,1-3H3,(H2,13,14,15,16). The number of aromatic nitrogens is 2. The molecule has 0 atom stereocenters. The number of nitrogens with one attached hydrogen (secondary N) is 2. The number of hydrogen-bond donors (Lipinski definition) is 2. The van der Waals surface area contributed by atoms with E-state index in [0.29, 0.717) is 23.3 Å². The van der Waals surface area contributed by atoms with Crippen molar-refractivity contribution in [2.45, 2.75) is 13.8 Å². The van der Waals surface area contributed by atoms with Gasteiger partial charge in [0.2, 0.25) is 11.9 Å². The van der Waals surface area contributed by atoms with Crippen LogP contribution in [0.4, 0.5) is 11.8 Å². The van der Waals surface area contributed by atoms with Gasteiger partial charge in [0, 0.05) is 20.1 Å². The van der Waals surface area contributed by atoms with Gasteiger partial charge in [0.25, 0.3) is 0 Å². The fourth-order valence-corrected chi connectivity index (χ4v) is 1.36. The molecule has 0 saturated heterocycles.